The van der Waals surface area contributed by atoms with Crippen molar-refractivity contribution in [3.63, 3.8) is 0 Å². The molecule has 0 aliphatic heterocycles. The number of aryl methyl sites for hydroxylation is 2. The van der Waals surface area contributed by atoms with Crippen LogP contribution in [0.1, 0.15) is 37.8 Å². The minimum Gasteiger partial charge on any atom is -0.480 e. The molecule has 0 aliphatic rings. The third-order valence-corrected chi connectivity index (χ3v) is 3.33. The van der Waals surface area contributed by atoms with Gasteiger partial charge in [-0.3, -0.25) is 0 Å². The maximum Gasteiger partial charge on any atom is 0.329 e. The van der Waals surface area contributed by atoms with E-state index in [1.807, 2.05) is 39.0 Å². The van der Waals surface area contributed by atoms with E-state index in [0.717, 1.165) is 11.1 Å². The molecule has 0 heterocycles. The first-order valence-corrected chi connectivity index (χ1v) is 6.69. The van der Waals surface area contributed by atoms with Gasteiger partial charge in [0, 0.05) is 5.69 Å². The molecule has 110 valence electrons. The molecule has 0 radical (unpaired) electrons. The molecule has 1 unspecified atom stereocenters. The predicted octanol–water partition coefficient (Wildman–Crippen LogP) is 3.07. The van der Waals surface area contributed by atoms with Gasteiger partial charge in [0.15, 0.2) is 0 Å². The number of carbonyl (C=O) groups excluding carboxylic acids is 1. The number of amides is 2. The van der Waals surface area contributed by atoms with Crippen LogP contribution in [-0.4, -0.2) is 22.6 Å². The van der Waals surface area contributed by atoms with Crippen molar-refractivity contribution in [2.75, 3.05) is 5.32 Å². The van der Waals surface area contributed by atoms with Gasteiger partial charge in [0.2, 0.25) is 0 Å². The molecule has 1 aromatic carbocycles. The summed E-state index contributed by atoms with van der Waals surface area (Å²) < 4.78 is 0. The molecular formula is C15H22N2O3. The van der Waals surface area contributed by atoms with Crippen LogP contribution in [0.5, 0.6) is 0 Å². The van der Waals surface area contributed by atoms with Crippen molar-refractivity contribution in [1.82, 2.24) is 5.32 Å². The Balaban J connectivity index is 2.84. The number of para-hydroxylation sites is 1. The smallest absolute Gasteiger partial charge is 0.329 e. The highest BCUT2D eigenvalue weighted by Crippen LogP contribution is 2.20. The number of carbonyl (C=O) groups is 2. The van der Waals surface area contributed by atoms with Crippen LogP contribution in [-0.2, 0) is 4.79 Å². The van der Waals surface area contributed by atoms with E-state index in [0.29, 0.717) is 18.5 Å². The third-order valence-electron chi connectivity index (χ3n) is 3.33. The second-order valence-corrected chi connectivity index (χ2v) is 5.23. The summed E-state index contributed by atoms with van der Waals surface area (Å²) in [6.45, 7) is 7.19. The van der Waals surface area contributed by atoms with Crippen LogP contribution in [0.2, 0.25) is 0 Å². The number of nitrogens with one attached hydrogen (secondary N) is 2. The zero-order valence-electron chi connectivity index (χ0n) is 12.4. The number of urea groups is 1. The molecule has 5 heteroatoms. The van der Waals surface area contributed by atoms with Crippen molar-refractivity contribution in [3.05, 3.63) is 29.3 Å². The maximum absolute atomic E-state index is 12.0. The molecule has 20 heavy (non-hydrogen) atoms. The van der Waals surface area contributed by atoms with Crippen molar-refractivity contribution >= 4 is 17.7 Å². The fourth-order valence-electron chi connectivity index (χ4n) is 2.13. The van der Waals surface area contributed by atoms with Crippen LogP contribution < -0.4 is 10.6 Å². The minimum absolute atomic E-state index is 0.377. The van der Waals surface area contributed by atoms with Gasteiger partial charge in [0.05, 0.1) is 0 Å². The molecule has 1 aromatic rings. The van der Waals surface area contributed by atoms with E-state index >= 15 is 0 Å². The summed E-state index contributed by atoms with van der Waals surface area (Å²) in [5.41, 5.74) is 1.34. The molecule has 3 N–H and O–H groups in total. The van der Waals surface area contributed by atoms with Gasteiger partial charge in [0.1, 0.15) is 5.54 Å². The number of anilines is 1. The van der Waals surface area contributed by atoms with E-state index in [1.54, 1.807) is 0 Å². The second-order valence-electron chi connectivity index (χ2n) is 5.23. The van der Waals surface area contributed by atoms with Gasteiger partial charge in [-0.15, -0.1) is 0 Å². The molecule has 0 bridgehead atoms. The second kappa shape index (κ2) is 6.41. The van der Waals surface area contributed by atoms with Crippen LogP contribution in [0.3, 0.4) is 0 Å². The zero-order valence-corrected chi connectivity index (χ0v) is 12.4. The number of rotatable bonds is 5. The molecule has 5 nitrogen and oxygen atoms in total. The van der Waals surface area contributed by atoms with E-state index in [-0.39, 0.29) is 0 Å². The third kappa shape index (κ3) is 3.73. The average molecular weight is 278 g/mol. The highest BCUT2D eigenvalue weighted by atomic mass is 16.4. The largest absolute Gasteiger partial charge is 0.480 e. The van der Waals surface area contributed by atoms with Crippen molar-refractivity contribution in [3.8, 4) is 0 Å². The number of aliphatic carboxylic acids is 1. The quantitative estimate of drug-likeness (QED) is 0.774. The Morgan fingerprint density at radius 3 is 2.25 bits per heavy atom. The zero-order chi connectivity index (χ0) is 15.3. The van der Waals surface area contributed by atoms with Crippen molar-refractivity contribution < 1.29 is 14.7 Å². The van der Waals surface area contributed by atoms with Gasteiger partial charge in [-0.05, 0) is 38.3 Å². The minimum atomic E-state index is -1.25. The first kappa shape index (κ1) is 16.0. The van der Waals surface area contributed by atoms with Gasteiger partial charge in [-0.2, -0.15) is 0 Å². The molecular weight excluding hydrogens is 256 g/mol. The lowest BCUT2D eigenvalue weighted by Gasteiger charge is -2.26. The van der Waals surface area contributed by atoms with Crippen LogP contribution in [0.15, 0.2) is 18.2 Å². The Morgan fingerprint density at radius 2 is 1.80 bits per heavy atom. The molecule has 0 aliphatic carbocycles. The maximum atomic E-state index is 12.0. The number of hydrogen-bond acceptors (Lipinski definition) is 2. The van der Waals surface area contributed by atoms with Gasteiger partial charge < -0.3 is 15.7 Å². The van der Waals surface area contributed by atoms with Gasteiger partial charge in [-0.25, -0.2) is 9.59 Å². The van der Waals surface area contributed by atoms with Crippen molar-refractivity contribution in [2.24, 2.45) is 0 Å². The fraction of sp³-hybridized carbons (Fsp3) is 0.467. The summed E-state index contributed by atoms with van der Waals surface area (Å²) in [7, 11) is 0. The summed E-state index contributed by atoms with van der Waals surface area (Å²) >= 11 is 0. The lowest BCUT2D eigenvalue weighted by Crippen LogP contribution is -2.53. The number of carboxylic acids is 1. The van der Waals surface area contributed by atoms with E-state index < -0.39 is 17.5 Å². The monoisotopic (exact) mass is 278 g/mol. The molecule has 0 spiro atoms. The Kier molecular flexibility index (Phi) is 5.13. The van der Waals surface area contributed by atoms with Gasteiger partial charge >= 0.3 is 12.0 Å². The normalized spacial score (nSPS) is 13.4. The lowest BCUT2D eigenvalue weighted by atomic mass is 9.96. The molecule has 0 saturated carbocycles. The fourth-order valence-corrected chi connectivity index (χ4v) is 2.13. The summed E-state index contributed by atoms with van der Waals surface area (Å²) in [5.74, 6) is -1.03. The van der Waals surface area contributed by atoms with Gasteiger partial charge in [0.25, 0.3) is 0 Å². The Hall–Kier alpha value is -2.04. The molecule has 1 atom stereocenters. The Bertz CT molecular complexity index is 494. The molecule has 2 amide bonds. The van der Waals surface area contributed by atoms with Crippen LogP contribution >= 0.6 is 0 Å². The summed E-state index contributed by atoms with van der Waals surface area (Å²) in [6, 6.07) is 5.20. The molecule has 1 rings (SSSR count). The summed E-state index contributed by atoms with van der Waals surface area (Å²) in [6.07, 6.45) is 1.05. The number of carboxylic acid groups (broad SMARTS) is 1. The molecule has 0 saturated heterocycles. The van der Waals surface area contributed by atoms with E-state index in [1.165, 1.54) is 6.92 Å². The van der Waals surface area contributed by atoms with Crippen molar-refractivity contribution in [1.29, 1.82) is 0 Å². The van der Waals surface area contributed by atoms with E-state index in [9.17, 15) is 14.7 Å². The Labute approximate surface area is 119 Å². The van der Waals surface area contributed by atoms with Crippen LogP contribution in [0.25, 0.3) is 0 Å². The topological polar surface area (TPSA) is 78.4 Å². The first-order valence-electron chi connectivity index (χ1n) is 6.69. The SMILES string of the molecule is CCCC(C)(NC(=O)Nc1c(C)cccc1C)C(=O)O. The average Bonchev–Trinajstić information content (AvgIpc) is 2.34. The molecule has 0 fully saturated rings. The van der Waals surface area contributed by atoms with Crippen LogP contribution in [0.4, 0.5) is 10.5 Å². The number of hydrogen-bond donors (Lipinski definition) is 3. The van der Waals surface area contributed by atoms with E-state index in [4.69, 9.17) is 0 Å². The highest BCUT2D eigenvalue weighted by Gasteiger charge is 2.33. The summed E-state index contributed by atoms with van der Waals surface area (Å²) in [4.78, 5) is 23.3. The van der Waals surface area contributed by atoms with Gasteiger partial charge in [-0.1, -0.05) is 31.5 Å². The standard InChI is InChI=1S/C15H22N2O3/c1-5-9-15(4,13(18)19)17-14(20)16-12-10(2)7-6-8-11(12)3/h6-8H,5,9H2,1-4H3,(H,18,19)(H2,16,17,20). The van der Waals surface area contributed by atoms with Crippen LogP contribution in [0, 0.1) is 13.8 Å². The highest BCUT2D eigenvalue weighted by molar-refractivity contribution is 5.94. The first-order chi connectivity index (χ1) is 9.30. The number of benzene rings is 1. The predicted molar refractivity (Wildman–Crippen MR) is 79.0 cm³/mol. The van der Waals surface area contributed by atoms with Crippen molar-refractivity contribution in [2.45, 2.75) is 46.1 Å². The Morgan fingerprint density at radius 1 is 1.25 bits per heavy atom. The lowest BCUT2D eigenvalue weighted by molar-refractivity contribution is -0.143. The molecule has 0 aromatic heterocycles. The van der Waals surface area contributed by atoms with E-state index in [2.05, 4.69) is 10.6 Å². The summed E-state index contributed by atoms with van der Waals surface area (Å²) in [5, 5.41) is 14.5.